The molecular formula is C17H23NO3. The summed E-state index contributed by atoms with van der Waals surface area (Å²) in [5.41, 5.74) is 2.31. The van der Waals surface area contributed by atoms with E-state index in [2.05, 4.69) is 18.3 Å². The number of furan rings is 1. The van der Waals surface area contributed by atoms with Gasteiger partial charge < -0.3 is 19.2 Å². The summed E-state index contributed by atoms with van der Waals surface area (Å²) in [5, 5.41) is 3.30. The van der Waals surface area contributed by atoms with E-state index < -0.39 is 0 Å². The van der Waals surface area contributed by atoms with Crippen molar-refractivity contribution in [2.45, 2.75) is 33.6 Å². The Morgan fingerprint density at radius 3 is 2.57 bits per heavy atom. The molecule has 1 aromatic heterocycles. The van der Waals surface area contributed by atoms with Crippen molar-refractivity contribution in [3.8, 4) is 5.75 Å². The van der Waals surface area contributed by atoms with Crippen molar-refractivity contribution in [3.05, 3.63) is 53.0 Å². The van der Waals surface area contributed by atoms with E-state index in [1.807, 2.05) is 31.2 Å². The lowest BCUT2D eigenvalue weighted by molar-refractivity contribution is 0.0923. The van der Waals surface area contributed by atoms with Gasteiger partial charge in [0.1, 0.15) is 23.9 Å². The van der Waals surface area contributed by atoms with Gasteiger partial charge in [0.15, 0.2) is 0 Å². The highest BCUT2D eigenvalue weighted by molar-refractivity contribution is 5.26. The third-order valence-electron chi connectivity index (χ3n) is 3.31. The molecule has 0 fully saturated rings. The molecule has 0 aliphatic rings. The Labute approximate surface area is 126 Å². The minimum absolute atomic E-state index is 0.485. The molecule has 0 atom stereocenters. The number of aryl methyl sites for hydroxylation is 1. The molecular weight excluding hydrogens is 266 g/mol. The summed E-state index contributed by atoms with van der Waals surface area (Å²) in [5.74, 6) is 2.68. The van der Waals surface area contributed by atoms with E-state index in [1.54, 1.807) is 7.11 Å². The summed E-state index contributed by atoms with van der Waals surface area (Å²) in [6.45, 7) is 6.91. The Morgan fingerprint density at radius 2 is 1.90 bits per heavy atom. The fraction of sp³-hybridized carbons (Fsp3) is 0.412. The van der Waals surface area contributed by atoms with E-state index in [0.29, 0.717) is 13.2 Å². The van der Waals surface area contributed by atoms with Crippen molar-refractivity contribution < 1.29 is 13.9 Å². The number of nitrogens with one attached hydrogen (secondary N) is 1. The predicted molar refractivity (Wildman–Crippen MR) is 82.3 cm³/mol. The fourth-order valence-corrected chi connectivity index (χ4v) is 2.09. The van der Waals surface area contributed by atoms with E-state index >= 15 is 0 Å². The van der Waals surface area contributed by atoms with E-state index in [0.717, 1.165) is 35.9 Å². The number of methoxy groups -OCH3 is 1. The average Bonchev–Trinajstić information content (AvgIpc) is 2.86. The molecule has 0 amide bonds. The van der Waals surface area contributed by atoms with Crippen LogP contribution in [-0.2, 0) is 24.5 Å². The first-order valence-electron chi connectivity index (χ1n) is 7.22. The summed E-state index contributed by atoms with van der Waals surface area (Å²) in [6.07, 6.45) is 0. The molecule has 0 radical (unpaired) electrons. The maximum Gasteiger partial charge on any atom is 0.130 e. The standard InChI is InChI=1S/C17H23NO3/c1-4-18-10-15-9-17(21-13(15)2)12-20-11-14-5-7-16(19-3)8-6-14/h5-9,18H,4,10-12H2,1-3H3. The number of ether oxygens (including phenoxy) is 2. The highest BCUT2D eigenvalue weighted by atomic mass is 16.5. The minimum atomic E-state index is 0.485. The van der Waals surface area contributed by atoms with Crippen LogP contribution in [0.1, 0.15) is 29.6 Å². The quantitative estimate of drug-likeness (QED) is 0.808. The predicted octanol–water partition coefficient (Wildman–Crippen LogP) is 3.42. The number of rotatable bonds is 8. The van der Waals surface area contributed by atoms with Gasteiger partial charge in [-0.25, -0.2) is 0 Å². The summed E-state index contributed by atoms with van der Waals surface area (Å²) in [7, 11) is 1.66. The lowest BCUT2D eigenvalue weighted by Gasteiger charge is -2.04. The molecule has 2 aromatic rings. The molecule has 0 unspecified atom stereocenters. The van der Waals surface area contributed by atoms with Crippen LogP contribution in [0.5, 0.6) is 5.75 Å². The molecule has 1 aromatic carbocycles. The average molecular weight is 289 g/mol. The summed E-state index contributed by atoms with van der Waals surface area (Å²) >= 11 is 0. The van der Waals surface area contributed by atoms with Crippen LogP contribution < -0.4 is 10.1 Å². The van der Waals surface area contributed by atoms with Crippen molar-refractivity contribution >= 4 is 0 Å². The van der Waals surface area contributed by atoms with Crippen LogP contribution in [0, 0.1) is 6.92 Å². The molecule has 4 nitrogen and oxygen atoms in total. The summed E-state index contributed by atoms with van der Waals surface area (Å²) in [6, 6.07) is 9.94. The smallest absolute Gasteiger partial charge is 0.130 e. The molecule has 0 spiro atoms. The third kappa shape index (κ3) is 4.62. The van der Waals surface area contributed by atoms with Crippen LogP contribution in [0.3, 0.4) is 0 Å². The molecule has 0 bridgehead atoms. The number of hydrogen-bond donors (Lipinski definition) is 1. The van der Waals surface area contributed by atoms with Crippen molar-refractivity contribution in [2.75, 3.05) is 13.7 Å². The van der Waals surface area contributed by atoms with Gasteiger partial charge in [-0.3, -0.25) is 0 Å². The van der Waals surface area contributed by atoms with Crippen LogP contribution in [-0.4, -0.2) is 13.7 Å². The summed E-state index contributed by atoms with van der Waals surface area (Å²) < 4.78 is 16.5. The van der Waals surface area contributed by atoms with Gasteiger partial charge >= 0.3 is 0 Å². The normalized spacial score (nSPS) is 10.8. The van der Waals surface area contributed by atoms with Gasteiger partial charge in [-0.15, -0.1) is 0 Å². The first-order chi connectivity index (χ1) is 10.2. The molecule has 0 aliphatic heterocycles. The van der Waals surface area contributed by atoms with Gasteiger partial charge in [-0.2, -0.15) is 0 Å². The maximum absolute atomic E-state index is 5.70. The molecule has 0 saturated carbocycles. The van der Waals surface area contributed by atoms with Gasteiger partial charge in [0, 0.05) is 12.1 Å². The lowest BCUT2D eigenvalue weighted by atomic mass is 10.2. The molecule has 0 saturated heterocycles. The number of hydrogen-bond acceptors (Lipinski definition) is 4. The molecule has 114 valence electrons. The molecule has 21 heavy (non-hydrogen) atoms. The van der Waals surface area contributed by atoms with Gasteiger partial charge in [0.25, 0.3) is 0 Å². The lowest BCUT2D eigenvalue weighted by Crippen LogP contribution is -2.11. The van der Waals surface area contributed by atoms with Crippen LogP contribution >= 0.6 is 0 Å². The highest BCUT2D eigenvalue weighted by Crippen LogP contribution is 2.17. The number of benzene rings is 1. The molecule has 1 heterocycles. The second kappa shape index (κ2) is 7.86. The first-order valence-corrected chi connectivity index (χ1v) is 7.22. The second-order valence-electron chi connectivity index (χ2n) is 4.92. The zero-order valence-corrected chi connectivity index (χ0v) is 12.9. The summed E-state index contributed by atoms with van der Waals surface area (Å²) in [4.78, 5) is 0. The van der Waals surface area contributed by atoms with E-state index in [-0.39, 0.29) is 0 Å². The third-order valence-corrected chi connectivity index (χ3v) is 3.31. The zero-order valence-electron chi connectivity index (χ0n) is 12.9. The van der Waals surface area contributed by atoms with Crippen LogP contribution in [0.25, 0.3) is 0 Å². The Hall–Kier alpha value is -1.78. The van der Waals surface area contributed by atoms with Crippen LogP contribution in [0.15, 0.2) is 34.7 Å². The molecule has 2 rings (SSSR count). The molecule has 4 heteroatoms. The van der Waals surface area contributed by atoms with Crippen molar-refractivity contribution in [1.82, 2.24) is 5.32 Å². The van der Waals surface area contributed by atoms with Gasteiger partial charge in [-0.1, -0.05) is 19.1 Å². The van der Waals surface area contributed by atoms with E-state index in [4.69, 9.17) is 13.9 Å². The SMILES string of the molecule is CCNCc1cc(COCc2ccc(OC)cc2)oc1C. The van der Waals surface area contributed by atoms with Crippen molar-refractivity contribution in [1.29, 1.82) is 0 Å². The highest BCUT2D eigenvalue weighted by Gasteiger charge is 2.07. The largest absolute Gasteiger partial charge is 0.497 e. The maximum atomic E-state index is 5.70. The topological polar surface area (TPSA) is 43.6 Å². The molecule has 0 aliphatic carbocycles. The molecule has 1 N–H and O–H groups in total. The Morgan fingerprint density at radius 1 is 1.14 bits per heavy atom. The van der Waals surface area contributed by atoms with Crippen LogP contribution in [0.2, 0.25) is 0 Å². The Bertz CT molecular complexity index is 546. The van der Waals surface area contributed by atoms with E-state index in [1.165, 1.54) is 5.56 Å². The first kappa shape index (κ1) is 15.6. The Balaban J connectivity index is 1.82. The monoisotopic (exact) mass is 289 g/mol. The van der Waals surface area contributed by atoms with Crippen molar-refractivity contribution in [3.63, 3.8) is 0 Å². The van der Waals surface area contributed by atoms with Crippen molar-refractivity contribution in [2.24, 2.45) is 0 Å². The fourth-order valence-electron chi connectivity index (χ4n) is 2.09. The van der Waals surface area contributed by atoms with Crippen LogP contribution in [0.4, 0.5) is 0 Å². The van der Waals surface area contributed by atoms with Gasteiger partial charge in [0.2, 0.25) is 0 Å². The second-order valence-corrected chi connectivity index (χ2v) is 4.92. The van der Waals surface area contributed by atoms with Gasteiger partial charge in [0.05, 0.1) is 13.7 Å². The zero-order chi connectivity index (χ0) is 15.1. The van der Waals surface area contributed by atoms with Gasteiger partial charge in [-0.05, 0) is 37.2 Å². The minimum Gasteiger partial charge on any atom is -0.497 e. The Kier molecular flexibility index (Phi) is 5.84. The van der Waals surface area contributed by atoms with E-state index in [9.17, 15) is 0 Å².